The molecule has 1 aromatic carbocycles. The molecule has 1 heterocycles. The van der Waals surface area contributed by atoms with E-state index >= 15 is 0 Å². The number of carbonyl (C=O) groups is 3. The molecule has 1 aliphatic heterocycles. The fourth-order valence-corrected chi connectivity index (χ4v) is 2.74. The second kappa shape index (κ2) is 6.08. The number of imide groups is 1. The van der Waals surface area contributed by atoms with Crippen LogP contribution in [0.25, 0.3) is 0 Å². The summed E-state index contributed by atoms with van der Waals surface area (Å²) in [6, 6.07) is 6.30. The van der Waals surface area contributed by atoms with E-state index in [2.05, 4.69) is 10.6 Å². The third kappa shape index (κ3) is 3.10. The zero-order valence-electron chi connectivity index (χ0n) is 12.7. The lowest BCUT2D eigenvalue weighted by molar-refractivity contribution is -0.134. The number of halogens is 1. The average Bonchev–Trinajstić information content (AvgIpc) is 3.28. The van der Waals surface area contributed by atoms with Crippen LogP contribution < -0.4 is 16.4 Å². The largest absolute Gasteiger partial charge is 0.397 e. The van der Waals surface area contributed by atoms with E-state index in [9.17, 15) is 14.4 Å². The number of benzene rings is 1. The van der Waals surface area contributed by atoms with Crippen molar-refractivity contribution in [1.82, 2.24) is 10.2 Å². The van der Waals surface area contributed by atoms with Gasteiger partial charge in [-0.25, -0.2) is 4.79 Å². The third-order valence-electron chi connectivity index (χ3n) is 4.23. The first-order valence-corrected chi connectivity index (χ1v) is 7.20. The molecular formula is C15H19ClN4O3. The van der Waals surface area contributed by atoms with E-state index in [1.165, 1.54) is 0 Å². The fourth-order valence-electron chi connectivity index (χ4n) is 2.74. The Balaban J connectivity index is 0.00000192. The number of rotatable bonds is 4. The van der Waals surface area contributed by atoms with Crippen LogP contribution in [0.3, 0.4) is 0 Å². The number of carbonyl (C=O) groups excluding carboxylic acids is 3. The predicted molar refractivity (Wildman–Crippen MR) is 88.1 cm³/mol. The molecule has 1 aromatic rings. The number of nitrogens with one attached hydrogen (secondary N) is 2. The van der Waals surface area contributed by atoms with Crippen LogP contribution in [0.15, 0.2) is 24.3 Å². The van der Waals surface area contributed by atoms with Crippen molar-refractivity contribution in [3.05, 3.63) is 24.3 Å². The maximum Gasteiger partial charge on any atom is 0.325 e. The molecule has 0 bridgehead atoms. The Morgan fingerprint density at radius 3 is 2.65 bits per heavy atom. The Hall–Kier alpha value is -2.28. The lowest BCUT2D eigenvalue weighted by Gasteiger charge is -2.20. The average molecular weight is 339 g/mol. The highest BCUT2D eigenvalue weighted by atomic mass is 35.5. The zero-order valence-corrected chi connectivity index (χ0v) is 13.5. The van der Waals surface area contributed by atoms with Gasteiger partial charge in [0.2, 0.25) is 5.91 Å². The molecule has 3 rings (SSSR count). The Labute approximate surface area is 140 Å². The molecule has 1 saturated heterocycles. The van der Waals surface area contributed by atoms with E-state index in [0.29, 0.717) is 11.4 Å². The normalized spacial score (nSPS) is 23.3. The van der Waals surface area contributed by atoms with Crippen molar-refractivity contribution in [3.8, 4) is 0 Å². The van der Waals surface area contributed by atoms with Crippen molar-refractivity contribution >= 4 is 41.6 Å². The van der Waals surface area contributed by atoms with Gasteiger partial charge in [-0.15, -0.1) is 12.4 Å². The van der Waals surface area contributed by atoms with Gasteiger partial charge < -0.3 is 16.4 Å². The molecule has 4 N–H and O–H groups in total. The fraction of sp³-hybridized carbons (Fsp3) is 0.400. The Morgan fingerprint density at radius 2 is 2.04 bits per heavy atom. The van der Waals surface area contributed by atoms with Gasteiger partial charge in [-0.3, -0.25) is 14.5 Å². The van der Waals surface area contributed by atoms with Gasteiger partial charge in [0.15, 0.2) is 0 Å². The van der Waals surface area contributed by atoms with Gasteiger partial charge in [0.25, 0.3) is 5.91 Å². The highest BCUT2D eigenvalue weighted by Gasteiger charge is 2.56. The number of urea groups is 1. The van der Waals surface area contributed by atoms with Crippen LogP contribution in [0, 0.1) is 5.92 Å². The SMILES string of the molecule is CC1(C2CC2)NC(=O)N(CC(=O)Nc2ccccc2N)C1=O.Cl. The first kappa shape index (κ1) is 17.1. The summed E-state index contributed by atoms with van der Waals surface area (Å²) in [7, 11) is 0. The van der Waals surface area contributed by atoms with E-state index in [1.807, 2.05) is 0 Å². The molecule has 0 radical (unpaired) electrons. The minimum absolute atomic E-state index is 0. The van der Waals surface area contributed by atoms with Gasteiger partial charge in [0.05, 0.1) is 11.4 Å². The highest BCUT2D eigenvalue weighted by molar-refractivity contribution is 6.10. The van der Waals surface area contributed by atoms with Gasteiger partial charge >= 0.3 is 6.03 Å². The quantitative estimate of drug-likeness (QED) is 0.569. The molecule has 2 fully saturated rings. The molecule has 1 unspecified atom stereocenters. The van der Waals surface area contributed by atoms with E-state index in [1.54, 1.807) is 31.2 Å². The molecular weight excluding hydrogens is 320 g/mol. The molecule has 2 aliphatic rings. The van der Waals surface area contributed by atoms with Crippen LogP contribution in [-0.2, 0) is 9.59 Å². The van der Waals surface area contributed by atoms with E-state index < -0.39 is 17.5 Å². The van der Waals surface area contributed by atoms with E-state index in [0.717, 1.165) is 17.7 Å². The van der Waals surface area contributed by atoms with Gasteiger partial charge in [-0.2, -0.15) is 0 Å². The van der Waals surface area contributed by atoms with Gasteiger partial charge in [-0.05, 0) is 37.8 Å². The summed E-state index contributed by atoms with van der Waals surface area (Å²) >= 11 is 0. The number of nitrogens with zero attached hydrogens (tertiary/aromatic N) is 1. The standard InChI is InChI=1S/C15H18N4O3.ClH/c1-15(9-6-7-9)13(21)19(14(22)18-15)8-12(20)17-11-5-3-2-4-10(11)16;/h2-5,9H,6-8,16H2,1H3,(H,17,20)(H,18,22);1H. The van der Waals surface area contributed by atoms with Crippen LogP contribution in [0.4, 0.5) is 16.2 Å². The topological polar surface area (TPSA) is 105 Å². The van der Waals surface area contributed by atoms with Crippen LogP contribution in [-0.4, -0.2) is 34.8 Å². The van der Waals surface area contributed by atoms with Crippen LogP contribution in [0.5, 0.6) is 0 Å². The van der Waals surface area contributed by atoms with E-state index in [4.69, 9.17) is 5.73 Å². The molecule has 7 nitrogen and oxygen atoms in total. The predicted octanol–water partition coefficient (Wildman–Crippen LogP) is 1.35. The summed E-state index contributed by atoms with van der Waals surface area (Å²) in [5.41, 5.74) is 5.77. The van der Waals surface area contributed by atoms with Gasteiger partial charge in [0.1, 0.15) is 12.1 Å². The highest BCUT2D eigenvalue weighted by Crippen LogP contribution is 2.42. The van der Waals surface area contributed by atoms with Crippen molar-refractivity contribution in [2.45, 2.75) is 25.3 Å². The molecule has 8 heteroatoms. The zero-order chi connectivity index (χ0) is 15.9. The first-order chi connectivity index (χ1) is 10.4. The van der Waals surface area contributed by atoms with Crippen molar-refractivity contribution in [2.75, 3.05) is 17.6 Å². The lowest BCUT2D eigenvalue weighted by Crippen LogP contribution is -2.46. The van der Waals surface area contributed by atoms with Crippen LogP contribution in [0.2, 0.25) is 0 Å². The maximum absolute atomic E-state index is 12.4. The molecule has 1 atom stereocenters. The molecule has 0 spiro atoms. The van der Waals surface area contributed by atoms with Crippen molar-refractivity contribution in [3.63, 3.8) is 0 Å². The summed E-state index contributed by atoms with van der Waals surface area (Å²) in [5, 5.41) is 5.32. The molecule has 0 aromatic heterocycles. The van der Waals surface area contributed by atoms with Crippen molar-refractivity contribution in [1.29, 1.82) is 0 Å². The first-order valence-electron chi connectivity index (χ1n) is 7.20. The summed E-state index contributed by atoms with van der Waals surface area (Å²) < 4.78 is 0. The minimum atomic E-state index is -0.872. The monoisotopic (exact) mass is 338 g/mol. The Bertz CT molecular complexity index is 662. The molecule has 124 valence electrons. The minimum Gasteiger partial charge on any atom is -0.397 e. The van der Waals surface area contributed by atoms with Gasteiger partial charge in [-0.1, -0.05) is 12.1 Å². The summed E-state index contributed by atoms with van der Waals surface area (Å²) in [4.78, 5) is 37.4. The smallest absolute Gasteiger partial charge is 0.325 e. The van der Waals surface area contributed by atoms with Gasteiger partial charge in [0, 0.05) is 0 Å². The maximum atomic E-state index is 12.4. The second-order valence-corrected chi connectivity index (χ2v) is 5.93. The second-order valence-electron chi connectivity index (χ2n) is 5.93. The van der Waals surface area contributed by atoms with E-state index in [-0.39, 0.29) is 30.8 Å². The third-order valence-corrected chi connectivity index (χ3v) is 4.23. The Kier molecular flexibility index (Phi) is 4.51. The number of para-hydroxylation sites is 2. The number of nitrogen functional groups attached to an aromatic ring is 1. The van der Waals surface area contributed by atoms with Crippen molar-refractivity contribution < 1.29 is 14.4 Å². The molecule has 1 aliphatic carbocycles. The summed E-state index contributed by atoms with van der Waals surface area (Å²) in [6.45, 7) is 1.40. The van der Waals surface area contributed by atoms with Crippen molar-refractivity contribution in [2.24, 2.45) is 5.92 Å². The number of hydrogen-bond donors (Lipinski definition) is 3. The summed E-state index contributed by atoms with van der Waals surface area (Å²) in [5.74, 6) is -0.626. The summed E-state index contributed by atoms with van der Waals surface area (Å²) in [6.07, 6.45) is 1.84. The number of hydrogen-bond acceptors (Lipinski definition) is 4. The molecule has 23 heavy (non-hydrogen) atoms. The lowest BCUT2D eigenvalue weighted by atomic mass is 9.96. The Morgan fingerprint density at radius 1 is 1.39 bits per heavy atom. The number of amides is 4. The number of anilines is 2. The molecule has 4 amide bonds. The molecule has 1 saturated carbocycles. The van der Waals surface area contributed by atoms with Crippen LogP contribution >= 0.6 is 12.4 Å². The number of nitrogens with two attached hydrogens (primary N) is 1. The van der Waals surface area contributed by atoms with Crippen LogP contribution in [0.1, 0.15) is 19.8 Å².